The third-order valence-corrected chi connectivity index (χ3v) is 4.22. The van der Waals surface area contributed by atoms with Crippen LogP contribution in [0, 0.1) is 0 Å². The van der Waals surface area contributed by atoms with Crippen LogP contribution in [0.15, 0.2) is 18.2 Å². The van der Waals surface area contributed by atoms with Gasteiger partial charge in [-0.1, -0.05) is 19.1 Å². The third kappa shape index (κ3) is 2.00. The summed E-state index contributed by atoms with van der Waals surface area (Å²) in [5, 5.41) is 9.55. The van der Waals surface area contributed by atoms with Gasteiger partial charge in [0.05, 0.1) is 11.7 Å². The molecule has 1 saturated heterocycles. The Morgan fingerprint density at radius 2 is 2.21 bits per heavy atom. The van der Waals surface area contributed by atoms with Crippen molar-refractivity contribution in [3.63, 3.8) is 0 Å². The van der Waals surface area contributed by atoms with E-state index in [0.29, 0.717) is 31.0 Å². The number of likely N-dealkylation sites (tertiary alicyclic amines) is 1. The summed E-state index contributed by atoms with van der Waals surface area (Å²) in [5.41, 5.74) is 1.74. The summed E-state index contributed by atoms with van der Waals surface area (Å²) in [4.78, 5) is 14.2. The summed E-state index contributed by atoms with van der Waals surface area (Å²) in [6.07, 6.45) is 0.377. The maximum Gasteiger partial charge on any atom is 0.257 e. The minimum absolute atomic E-state index is 0.0327. The lowest BCUT2D eigenvalue weighted by Gasteiger charge is -2.17. The van der Waals surface area contributed by atoms with Gasteiger partial charge in [-0.2, -0.15) is 0 Å². The van der Waals surface area contributed by atoms with E-state index in [4.69, 9.17) is 4.74 Å². The van der Waals surface area contributed by atoms with Crippen molar-refractivity contribution in [1.82, 2.24) is 4.90 Å². The van der Waals surface area contributed by atoms with Gasteiger partial charge in [0, 0.05) is 24.6 Å². The molecule has 0 saturated carbocycles. The molecule has 3 unspecified atom stereocenters. The lowest BCUT2D eigenvalue weighted by Crippen LogP contribution is -2.29. The van der Waals surface area contributed by atoms with Crippen LogP contribution < -0.4 is 4.74 Å². The summed E-state index contributed by atoms with van der Waals surface area (Å²) >= 11 is 0. The predicted molar refractivity (Wildman–Crippen MR) is 71.5 cm³/mol. The molecule has 2 aliphatic heterocycles. The first-order valence-corrected chi connectivity index (χ1v) is 6.85. The van der Waals surface area contributed by atoms with Crippen molar-refractivity contribution in [3.8, 4) is 5.75 Å². The Bertz CT molecular complexity index is 514. The number of aliphatic hydroxyl groups excluding tert-OH is 1. The molecule has 1 N–H and O–H groups in total. The highest BCUT2D eigenvalue weighted by atomic mass is 16.5. The second-order valence-corrected chi connectivity index (χ2v) is 5.53. The van der Waals surface area contributed by atoms with Gasteiger partial charge >= 0.3 is 0 Å². The Hall–Kier alpha value is -1.55. The topological polar surface area (TPSA) is 49.8 Å². The molecular formula is C15H19NO3. The van der Waals surface area contributed by atoms with Gasteiger partial charge in [0.15, 0.2) is 0 Å². The molecule has 0 radical (unpaired) electrons. The van der Waals surface area contributed by atoms with E-state index in [1.54, 1.807) is 4.90 Å². The molecule has 102 valence electrons. The molecule has 1 aromatic carbocycles. The number of hydrogen-bond donors (Lipinski definition) is 1. The number of nitrogens with zero attached hydrogens (tertiary/aromatic N) is 1. The number of amides is 1. The van der Waals surface area contributed by atoms with Crippen molar-refractivity contribution < 1.29 is 14.6 Å². The minimum atomic E-state index is -0.389. The monoisotopic (exact) mass is 261 g/mol. The molecule has 3 rings (SSSR count). The van der Waals surface area contributed by atoms with E-state index in [9.17, 15) is 9.90 Å². The molecule has 4 nitrogen and oxygen atoms in total. The van der Waals surface area contributed by atoms with Crippen LogP contribution in [0.4, 0.5) is 0 Å². The highest BCUT2D eigenvalue weighted by molar-refractivity contribution is 5.97. The first-order valence-electron chi connectivity index (χ1n) is 6.85. The summed E-state index contributed by atoms with van der Waals surface area (Å²) in [6, 6.07) is 5.76. The molecular weight excluding hydrogens is 242 g/mol. The average molecular weight is 261 g/mol. The van der Waals surface area contributed by atoms with Crippen LogP contribution in [0.3, 0.4) is 0 Å². The predicted octanol–water partition coefficient (Wildman–Crippen LogP) is 1.78. The quantitative estimate of drug-likeness (QED) is 0.838. The number of aliphatic hydroxyl groups is 1. The average Bonchev–Trinajstić information content (AvgIpc) is 2.94. The number of β-amino-alcohol motifs (C(OH)–C–C–N with tert-alkyl or cyclic N) is 1. The lowest BCUT2D eigenvalue weighted by molar-refractivity contribution is 0.0760. The van der Waals surface area contributed by atoms with Crippen molar-refractivity contribution in [2.45, 2.75) is 38.4 Å². The highest BCUT2D eigenvalue weighted by Crippen LogP contribution is 2.40. The number of hydrogen-bond acceptors (Lipinski definition) is 3. The number of rotatable bonds is 1. The van der Waals surface area contributed by atoms with E-state index < -0.39 is 0 Å². The van der Waals surface area contributed by atoms with Crippen LogP contribution >= 0.6 is 0 Å². The van der Waals surface area contributed by atoms with Crippen molar-refractivity contribution >= 4 is 5.91 Å². The Morgan fingerprint density at radius 3 is 2.89 bits per heavy atom. The van der Waals surface area contributed by atoms with Crippen LogP contribution in [0.1, 0.15) is 42.1 Å². The van der Waals surface area contributed by atoms with E-state index in [1.807, 2.05) is 25.1 Å². The summed E-state index contributed by atoms with van der Waals surface area (Å²) in [5.74, 6) is 1.01. The lowest BCUT2D eigenvalue weighted by atomic mass is 9.96. The molecule has 1 fully saturated rings. The number of carbonyl (C=O) groups is 1. The number of ether oxygens (including phenoxy) is 1. The van der Waals surface area contributed by atoms with Crippen LogP contribution in [-0.2, 0) is 0 Å². The van der Waals surface area contributed by atoms with Crippen LogP contribution in [-0.4, -0.2) is 41.2 Å². The molecule has 4 heteroatoms. The van der Waals surface area contributed by atoms with Gasteiger partial charge in [-0.3, -0.25) is 4.79 Å². The van der Waals surface area contributed by atoms with Gasteiger partial charge in [-0.05, 0) is 19.4 Å². The van der Waals surface area contributed by atoms with Gasteiger partial charge in [0.1, 0.15) is 11.9 Å². The molecule has 3 atom stereocenters. The third-order valence-electron chi connectivity index (χ3n) is 4.22. The Labute approximate surface area is 113 Å². The Balaban J connectivity index is 1.93. The van der Waals surface area contributed by atoms with E-state index in [-0.39, 0.29) is 18.1 Å². The van der Waals surface area contributed by atoms with E-state index in [0.717, 1.165) is 11.3 Å². The van der Waals surface area contributed by atoms with Crippen molar-refractivity contribution in [2.75, 3.05) is 13.1 Å². The van der Waals surface area contributed by atoms with Gasteiger partial charge < -0.3 is 14.7 Å². The fraction of sp³-hybridized carbons (Fsp3) is 0.533. The van der Waals surface area contributed by atoms with E-state index in [2.05, 4.69) is 6.92 Å². The second-order valence-electron chi connectivity index (χ2n) is 5.53. The fourth-order valence-electron chi connectivity index (χ4n) is 2.85. The summed E-state index contributed by atoms with van der Waals surface area (Å²) in [6.45, 7) is 5.19. The van der Waals surface area contributed by atoms with Crippen molar-refractivity contribution in [3.05, 3.63) is 29.3 Å². The Kier molecular flexibility index (Phi) is 2.97. The fourth-order valence-corrected chi connectivity index (χ4v) is 2.85. The second kappa shape index (κ2) is 4.53. The largest absolute Gasteiger partial charge is 0.489 e. The molecule has 0 bridgehead atoms. The maximum atomic E-state index is 12.5. The number of para-hydroxylation sites is 1. The van der Waals surface area contributed by atoms with Crippen LogP contribution in [0.2, 0.25) is 0 Å². The number of benzene rings is 1. The molecule has 1 aromatic rings. The van der Waals surface area contributed by atoms with Gasteiger partial charge in [-0.15, -0.1) is 0 Å². The molecule has 2 heterocycles. The number of fused-ring (bicyclic) bond motifs is 1. The maximum absolute atomic E-state index is 12.5. The minimum Gasteiger partial charge on any atom is -0.489 e. The van der Waals surface area contributed by atoms with Crippen molar-refractivity contribution in [2.24, 2.45) is 0 Å². The zero-order valence-electron chi connectivity index (χ0n) is 11.3. The zero-order valence-corrected chi connectivity index (χ0v) is 11.3. The molecule has 19 heavy (non-hydrogen) atoms. The van der Waals surface area contributed by atoms with E-state index >= 15 is 0 Å². The number of carbonyl (C=O) groups excluding carboxylic acids is 1. The van der Waals surface area contributed by atoms with Crippen LogP contribution in [0.25, 0.3) is 0 Å². The molecule has 1 amide bonds. The Morgan fingerprint density at radius 1 is 1.42 bits per heavy atom. The highest BCUT2D eigenvalue weighted by Gasteiger charge is 2.33. The van der Waals surface area contributed by atoms with Gasteiger partial charge in [0.2, 0.25) is 0 Å². The smallest absolute Gasteiger partial charge is 0.257 e. The SMILES string of the molecule is CC1Oc2c(C(=O)N3CCC(O)C3)cccc2C1C. The molecule has 0 spiro atoms. The first kappa shape index (κ1) is 12.5. The molecule has 0 aromatic heterocycles. The summed E-state index contributed by atoms with van der Waals surface area (Å²) < 4.78 is 5.85. The van der Waals surface area contributed by atoms with Crippen LogP contribution in [0.5, 0.6) is 5.75 Å². The normalized spacial score (nSPS) is 29.2. The molecule has 0 aliphatic carbocycles. The van der Waals surface area contributed by atoms with E-state index in [1.165, 1.54) is 0 Å². The standard InChI is InChI=1S/C15H19NO3/c1-9-10(2)19-14-12(9)4-3-5-13(14)15(18)16-7-6-11(17)8-16/h3-5,9-11,17H,6-8H2,1-2H3. The first-order chi connectivity index (χ1) is 9.08. The van der Waals surface area contributed by atoms with Gasteiger partial charge in [-0.25, -0.2) is 0 Å². The van der Waals surface area contributed by atoms with Gasteiger partial charge in [0.25, 0.3) is 5.91 Å². The van der Waals surface area contributed by atoms with Crippen molar-refractivity contribution in [1.29, 1.82) is 0 Å². The summed E-state index contributed by atoms with van der Waals surface area (Å²) in [7, 11) is 0. The molecule has 2 aliphatic rings. The zero-order chi connectivity index (χ0) is 13.6.